The Hall–Kier alpha value is -1.40. The average Bonchev–Trinajstić information content (AvgIpc) is 2.74. The molecule has 102 valence electrons. The highest BCUT2D eigenvalue weighted by Gasteiger charge is 2.10. The standard InChI is InChI=1S/C12H13ClN2O3S/c1-8-14-12(15-18-8)7-19(16)6-9-3-4-11(17-2)10(13)5-9/h3-5H,6-7H2,1-2H3/t19-/m0/s1. The molecule has 0 unspecified atom stereocenters. The van der Waals surface area contributed by atoms with Gasteiger partial charge in [-0.1, -0.05) is 22.8 Å². The van der Waals surface area contributed by atoms with E-state index in [0.29, 0.717) is 28.2 Å². The van der Waals surface area contributed by atoms with Crippen molar-refractivity contribution in [3.05, 3.63) is 40.5 Å². The Morgan fingerprint density at radius 2 is 2.21 bits per heavy atom. The van der Waals surface area contributed by atoms with E-state index in [1.54, 1.807) is 26.2 Å². The van der Waals surface area contributed by atoms with Crippen molar-refractivity contribution < 1.29 is 13.5 Å². The topological polar surface area (TPSA) is 65.2 Å². The number of aryl methyl sites for hydroxylation is 1. The number of hydrogen-bond acceptors (Lipinski definition) is 5. The second-order valence-electron chi connectivity index (χ2n) is 3.93. The predicted molar refractivity (Wildman–Crippen MR) is 72.6 cm³/mol. The Morgan fingerprint density at radius 1 is 1.42 bits per heavy atom. The Morgan fingerprint density at radius 3 is 2.79 bits per heavy atom. The van der Waals surface area contributed by atoms with Crippen LogP contribution in [-0.4, -0.2) is 21.5 Å². The molecular formula is C12H13ClN2O3S. The minimum atomic E-state index is -1.11. The lowest BCUT2D eigenvalue weighted by Crippen LogP contribution is -2.01. The zero-order chi connectivity index (χ0) is 13.8. The number of methoxy groups -OCH3 is 1. The maximum absolute atomic E-state index is 12.0. The van der Waals surface area contributed by atoms with Crippen LogP contribution in [-0.2, 0) is 22.3 Å². The Bertz CT molecular complexity index is 600. The summed E-state index contributed by atoms with van der Waals surface area (Å²) in [5.74, 6) is 2.18. The van der Waals surface area contributed by atoms with Gasteiger partial charge in [0.25, 0.3) is 0 Å². The average molecular weight is 301 g/mol. The van der Waals surface area contributed by atoms with E-state index in [2.05, 4.69) is 10.1 Å². The largest absolute Gasteiger partial charge is 0.495 e. The van der Waals surface area contributed by atoms with Crippen LogP contribution in [0, 0.1) is 6.92 Å². The van der Waals surface area contributed by atoms with Gasteiger partial charge in [0.2, 0.25) is 5.89 Å². The highest BCUT2D eigenvalue weighted by molar-refractivity contribution is 7.83. The molecule has 0 aliphatic rings. The summed E-state index contributed by atoms with van der Waals surface area (Å²) in [5, 5.41) is 4.22. The molecule has 0 radical (unpaired) electrons. The number of ether oxygens (including phenoxy) is 1. The first-order valence-corrected chi connectivity index (χ1v) is 7.41. The van der Waals surface area contributed by atoms with Gasteiger partial charge in [-0.25, -0.2) is 0 Å². The number of nitrogens with zero attached hydrogens (tertiary/aromatic N) is 2. The molecule has 2 aromatic rings. The molecule has 0 fully saturated rings. The van der Waals surface area contributed by atoms with E-state index in [1.807, 2.05) is 6.07 Å². The van der Waals surface area contributed by atoms with Gasteiger partial charge < -0.3 is 9.26 Å². The SMILES string of the molecule is COc1ccc(C[S@](=O)Cc2noc(C)n2)cc1Cl. The van der Waals surface area contributed by atoms with Crippen LogP contribution in [0.4, 0.5) is 0 Å². The first kappa shape index (κ1) is 14.0. The van der Waals surface area contributed by atoms with Crippen LogP contribution < -0.4 is 4.74 Å². The first-order valence-electron chi connectivity index (χ1n) is 5.55. The van der Waals surface area contributed by atoms with Crippen molar-refractivity contribution in [2.24, 2.45) is 0 Å². The number of halogens is 1. The monoisotopic (exact) mass is 300 g/mol. The fourth-order valence-electron chi connectivity index (χ4n) is 1.58. The molecule has 7 heteroatoms. The molecule has 0 saturated heterocycles. The second kappa shape index (κ2) is 6.16. The molecule has 1 aromatic carbocycles. The van der Waals surface area contributed by atoms with Crippen molar-refractivity contribution >= 4 is 22.4 Å². The van der Waals surface area contributed by atoms with E-state index in [0.717, 1.165) is 5.56 Å². The van der Waals surface area contributed by atoms with Crippen LogP contribution in [0.2, 0.25) is 5.02 Å². The second-order valence-corrected chi connectivity index (χ2v) is 5.79. The molecule has 0 aliphatic carbocycles. The summed E-state index contributed by atoms with van der Waals surface area (Å²) in [6.45, 7) is 1.70. The number of benzene rings is 1. The highest BCUT2D eigenvalue weighted by Crippen LogP contribution is 2.25. The maximum Gasteiger partial charge on any atom is 0.223 e. The molecular weight excluding hydrogens is 288 g/mol. The summed E-state index contributed by atoms with van der Waals surface area (Å²) in [4.78, 5) is 4.02. The minimum absolute atomic E-state index is 0.265. The lowest BCUT2D eigenvalue weighted by molar-refractivity contribution is 0.389. The van der Waals surface area contributed by atoms with Crippen LogP contribution >= 0.6 is 11.6 Å². The van der Waals surface area contributed by atoms with Crippen LogP contribution in [0.3, 0.4) is 0 Å². The van der Waals surface area contributed by atoms with Gasteiger partial charge in [-0.3, -0.25) is 4.21 Å². The predicted octanol–water partition coefficient (Wildman–Crippen LogP) is 2.49. The third-order valence-electron chi connectivity index (χ3n) is 2.40. The smallest absolute Gasteiger partial charge is 0.223 e. The van der Waals surface area contributed by atoms with E-state index in [1.165, 1.54) is 0 Å². The van der Waals surface area contributed by atoms with Crippen molar-refractivity contribution in [2.45, 2.75) is 18.4 Å². The van der Waals surface area contributed by atoms with E-state index in [9.17, 15) is 4.21 Å². The fraction of sp³-hybridized carbons (Fsp3) is 0.333. The van der Waals surface area contributed by atoms with E-state index < -0.39 is 10.8 Å². The summed E-state index contributed by atoms with van der Waals surface area (Å²) in [7, 11) is 0.443. The normalized spacial score (nSPS) is 12.4. The van der Waals surface area contributed by atoms with Crippen LogP contribution in [0.1, 0.15) is 17.3 Å². The number of hydrogen-bond donors (Lipinski definition) is 0. The molecule has 1 atom stereocenters. The summed E-state index contributed by atoms with van der Waals surface area (Å²) < 4.78 is 21.9. The van der Waals surface area contributed by atoms with Crippen LogP contribution in [0.15, 0.2) is 22.7 Å². The third-order valence-corrected chi connectivity index (χ3v) is 3.93. The molecule has 0 bridgehead atoms. The zero-order valence-electron chi connectivity index (χ0n) is 10.6. The van der Waals surface area contributed by atoms with E-state index in [4.69, 9.17) is 20.9 Å². The zero-order valence-corrected chi connectivity index (χ0v) is 12.1. The molecule has 1 heterocycles. The van der Waals surface area contributed by atoms with Gasteiger partial charge in [0.05, 0.1) is 17.9 Å². The van der Waals surface area contributed by atoms with Gasteiger partial charge in [-0.2, -0.15) is 4.98 Å². The molecule has 5 nitrogen and oxygen atoms in total. The molecule has 2 rings (SSSR count). The van der Waals surface area contributed by atoms with Crippen molar-refractivity contribution in [3.8, 4) is 5.75 Å². The molecule has 0 spiro atoms. The molecule has 0 aliphatic heterocycles. The van der Waals surface area contributed by atoms with Crippen molar-refractivity contribution in [1.29, 1.82) is 0 Å². The van der Waals surface area contributed by atoms with Crippen LogP contribution in [0.5, 0.6) is 5.75 Å². The lowest BCUT2D eigenvalue weighted by atomic mass is 10.2. The summed E-state index contributed by atoms with van der Waals surface area (Å²) in [5.41, 5.74) is 0.879. The molecule has 0 amide bonds. The van der Waals surface area contributed by atoms with Crippen molar-refractivity contribution in [3.63, 3.8) is 0 Å². The highest BCUT2D eigenvalue weighted by atomic mass is 35.5. The molecule has 1 aromatic heterocycles. The van der Waals surface area contributed by atoms with E-state index in [-0.39, 0.29) is 5.75 Å². The van der Waals surface area contributed by atoms with Gasteiger partial charge in [0, 0.05) is 23.5 Å². The molecule has 19 heavy (non-hydrogen) atoms. The Balaban J connectivity index is 2.00. The minimum Gasteiger partial charge on any atom is -0.495 e. The summed E-state index contributed by atoms with van der Waals surface area (Å²) in [6.07, 6.45) is 0. The van der Waals surface area contributed by atoms with Crippen LogP contribution in [0.25, 0.3) is 0 Å². The van der Waals surface area contributed by atoms with E-state index >= 15 is 0 Å². The lowest BCUT2D eigenvalue weighted by Gasteiger charge is -2.05. The first-order chi connectivity index (χ1) is 9.08. The van der Waals surface area contributed by atoms with Gasteiger partial charge >= 0.3 is 0 Å². The Labute approximate surface area is 118 Å². The Kier molecular flexibility index (Phi) is 4.55. The molecule has 0 N–H and O–H groups in total. The number of rotatable bonds is 5. The van der Waals surface area contributed by atoms with Gasteiger partial charge in [-0.15, -0.1) is 0 Å². The fourth-order valence-corrected chi connectivity index (χ4v) is 2.92. The van der Waals surface area contributed by atoms with Crippen molar-refractivity contribution in [2.75, 3.05) is 7.11 Å². The molecule has 0 saturated carbocycles. The van der Waals surface area contributed by atoms with Gasteiger partial charge in [0.1, 0.15) is 5.75 Å². The van der Waals surface area contributed by atoms with Crippen molar-refractivity contribution in [1.82, 2.24) is 10.1 Å². The van der Waals surface area contributed by atoms with Gasteiger partial charge in [-0.05, 0) is 17.7 Å². The summed E-state index contributed by atoms with van der Waals surface area (Å²) in [6, 6.07) is 5.34. The van der Waals surface area contributed by atoms with Gasteiger partial charge in [0.15, 0.2) is 5.82 Å². The number of aromatic nitrogens is 2. The third kappa shape index (κ3) is 3.78. The maximum atomic E-state index is 12.0. The quantitative estimate of drug-likeness (QED) is 0.849. The summed E-state index contributed by atoms with van der Waals surface area (Å²) >= 11 is 6.01.